The molecule has 0 fully saturated rings. The molecule has 0 spiro atoms. The Morgan fingerprint density at radius 1 is 0.404 bits per heavy atom. The molecule has 8 rings (SSSR count). The molecular formula is C42H27N3O2. The maximum absolute atomic E-state index is 13.1. The molecule has 0 aliphatic heterocycles. The number of benzene rings is 6. The molecule has 6 aromatic carbocycles. The zero-order chi connectivity index (χ0) is 31.7. The molecule has 0 aliphatic rings. The van der Waals surface area contributed by atoms with Crippen LogP contribution >= 0.6 is 0 Å². The highest BCUT2D eigenvalue weighted by atomic mass is 16.1. The molecule has 0 unspecified atom stereocenters. The van der Waals surface area contributed by atoms with Gasteiger partial charge in [-0.25, -0.2) is 9.97 Å². The summed E-state index contributed by atoms with van der Waals surface area (Å²) in [7, 11) is 0. The fourth-order valence-corrected chi connectivity index (χ4v) is 6.07. The van der Waals surface area contributed by atoms with Crippen LogP contribution in [0.5, 0.6) is 0 Å². The van der Waals surface area contributed by atoms with Crippen LogP contribution in [0, 0.1) is 0 Å². The van der Waals surface area contributed by atoms with E-state index in [-0.39, 0.29) is 11.6 Å². The van der Waals surface area contributed by atoms with E-state index in [4.69, 9.17) is 9.97 Å². The van der Waals surface area contributed by atoms with Crippen LogP contribution in [-0.4, -0.2) is 26.1 Å². The predicted octanol–water partition coefficient (Wildman–Crippen LogP) is 9.37. The molecule has 8 aromatic rings. The van der Waals surface area contributed by atoms with Gasteiger partial charge in [-0.1, -0.05) is 146 Å². The maximum Gasteiger partial charge on any atom is 0.235 e. The predicted molar refractivity (Wildman–Crippen MR) is 187 cm³/mol. The van der Waals surface area contributed by atoms with Crippen LogP contribution in [0.3, 0.4) is 0 Å². The van der Waals surface area contributed by atoms with E-state index in [1.54, 1.807) is 0 Å². The van der Waals surface area contributed by atoms with Gasteiger partial charge >= 0.3 is 0 Å². The third-order valence-electron chi connectivity index (χ3n) is 8.45. The molecule has 0 radical (unpaired) electrons. The van der Waals surface area contributed by atoms with Crippen molar-refractivity contribution in [3.8, 4) is 28.5 Å². The van der Waals surface area contributed by atoms with Crippen molar-refractivity contribution in [1.29, 1.82) is 0 Å². The summed E-state index contributed by atoms with van der Waals surface area (Å²) in [5.41, 5.74) is 7.66. The summed E-state index contributed by atoms with van der Waals surface area (Å²) >= 11 is 0. The van der Waals surface area contributed by atoms with Crippen molar-refractivity contribution >= 4 is 33.4 Å². The minimum Gasteiger partial charge on any atom is -0.289 e. The third kappa shape index (κ3) is 5.20. The third-order valence-corrected chi connectivity index (χ3v) is 8.45. The average Bonchev–Trinajstić information content (AvgIpc) is 3.49. The van der Waals surface area contributed by atoms with Crippen molar-refractivity contribution in [2.45, 2.75) is 0 Å². The van der Waals surface area contributed by atoms with Crippen LogP contribution in [-0.2, 0) is 0 Å². The lowest BCUT2D eigenvalue weighted by Gasteiger charge is -2.12. The van der Waals surface area contributed by atoms with E-state index in [1.807, 2.05) is 140 Å². The summed E-state index contributed by atoms with van der Waals surface area (Å²) in [6, 6.07) is 52.1. The highest BCUT2D eigenvalue weighted by molar-refractivity contribution is 6.10. The molecule has 5 heteroatoms. The fourth-order valence-electron chi connectivity index (χ4n) is 6.07. The molecule has 0 N–H and O–H groups in total. The van der Waals surface area contributed by atoms with Gasteiger partial charge in [0.15, 0.2) is 11.6 Å². The molecular weight excluding hydrogens is 578 g/mol. The molecule has 5 nitrogen and oxygen atoms in total. The van der Waals surface area contributed by atoms with Crippen LogP contribution in [0.1, 0.15) is 31.8 Å². The first-order valence-electron chi connectivity index (χ1n) is 15.4. The Morgan fingerprint density at radius 2 is 0.766 bits per heavy atom. The van der Waals surface area contributed by atoms with Crippen molar-refractivity contribution in [1.82, 2.24) is 14.5 Å². The van der Waals surface area contributed by atoms with Gasteiger partial charge in [0.05, 0.1) is 22.4 Å². The van der Waals surface area contributed by atoms with Crippen LogP contribution < -0.4 is 0 Å². The summed E-state index contributed by atoms with van der Waals surface area (Å²) in [5, 5.41) is 2.23. The van der Waals surface area contributed by atoms with Gasteiger partial charge in [-0.15, -0.1) is 0 Å². The van der Waals surface area contributed by atoms with Crippen LogP contribution in [0.15, 0.2) is 164 Å². The second-order valence-corrected chi connectivity index (χ2v) is 11.4. The lowest BCUT2D eigenvalue weighted by atomic mass is 9.99. The number of carbonyl (C=O) groups is 2. The zero-order valence-electron chi connectivity index (χ0n) is 25.2. The first-order chi connectivity index (χ1) is 23.1. The Bertz CT molecular complexity index is 2250. The number of rotatable bonds is 7. The lowest BCUT2D eigenvalue weighted by molar-refractivity contribution is 0.103. The summed E-state index contributed by atoms with van der Waals surface area (Å²) in [5.74, 6) is 0.469. The molecule has 47 heavy (non-hydrogen) atoms. The molecule has 0 bridgehead atoms. The monoisotopic (exact) mass is 605 g/mol. The number of hydrogen-bond acceptors (Lipinski definition) is 4. The molecule has 0 atom stereocenters. The standard InChI is InChI=1S/C42H27N3O2/c46-40(30-11-3-1-4-12-30)32-23-19-28(20-24-32)36-27-37(29-21-25-33(26-22-29)41(47)31-13-5-2-6-14-31)44-42(43-36)45-38-17-9-7-15-34(38)35-16-8-10-18-39(35)45/h1-27H. The molecule has 222 valence electrons. The van der Waals surface area contributed by atoms with Gasteiger partial charge in [0.1, 0.15) is 0 Å². The van der Waals surface area contributed by atoms with Crippen molar-refractivity contribution in [3.63, 3.8) is 0 Å². The molecule has 0 aliphatic carbocycles. The normalized spacial score (nSPS) is 11.1. The molecule has 0 saturated heterocycles. The Balaban J connectivity index is 1.26. The number of hydrogen-bond donors (Lipinski definition) is 0. The number of para-hydroxylation sites is 2. The topological polar surface area (TPSA) is 64.8 Å². The molecule has 0 saturated carbocycles. The van der Waals surface area contributed by atoms with Crippen molar-refractivity contribution < 1.29 is 9.59 Å². The summed E-state index contributed by atoms with van der Waals surface area (Å²) < 4.78 is 2.10. The van der Waals surface area contributed by atoms with Gasteiger partial charge in [-0.2, -0.15) is 0 Å². The van der Waals surface area contributed by atoms with E-state index in [2.05, 4.69) is 28.8 Å². The number of ketones is 2. The smallest absolute Gasteiger partial charge is 0.235 e. The van der Waals surface area contributed by atoms with Crippen molar-refractivity contribution in [2.75, 3.05) is 0 Å². The fraction of sp³-hybridized carbons (Fsp3) is 0. The SMILES string of the molecule is O=C(c1ccccc1)c1ccc(-c2cc(-c3ccc(C(=O)c4ccccc4)cc3)nc(-n3c4ccccc4c4ccccc43)n2)cc1. The highest BCUT2D eigenvalue weighted by Crippen LogP contribution is 2.33. The maximum atomic E-state index is 13.1. The Labute approximate surface area is 271 Å². The Hall–Kier alpha value is -6.46. The molecule has 2 aromatic heterocycles. The second kappa shape index (κ2) is 11.8. The zero-order valence-corrected chi connectivity index (χ0v) is 25.2. The molecule has 2 heterocycles. The van der Waals surface area contributed by atoms with Gasteiger partial charge in [0.2, 0.25) is 5.95 Å². The number of nitrogens with zero attached hydrogens (tertiary/aromatic N) is 3. The van der Waals surface area contributed by atoms with Crippen molar-refractivity contribution in [2.24, 2.45) is 0 Å². The first kappa shape index (κ1) is 28.0. The van der Waals surface area contributed by atoms with E-state index < -0.39 is 0 Å². The number of carbonyl (C=O) groups excluding carboxylic acids is 2. The van der Waals surface area contributed by atoms with Gasteiger partial charge in [0, 0.05) is 44.2 Å². The van der Waals surface area contributed by atoms with Gasteiger partial charge in [-0.05, 0) is 18.2 Å². The van der Waals surface area contributed by atoms with Gasteiger partial charge in [0.25, 0.3) is 0 Å². The van der Waals surface area contributed by atoms with Gasteiger partial charge in [-0.3, -0.25) is 14.2 Å². The van der Waals surface area contributed by atoms with E-state index in [9.17, 15) is 9.59 Å². The number of aromatic nitrogens is 3. The lowest BCUT2D eigenvalue weighted by Crippen LogP contribution is -2.05. The highest BCUT2D eigenvalue weighted by Gasteiger charge is 2.18. The summed E-state index contributed by atoms with van der Waals surface area (Å²) in [6.07, 6.45) is 0. The first-order valence-corrected chi connectivity index (χ1v) is 15.4. The minimum atomic E-state index is -0.0309. The number of fused-ring (bicyclic) bond motifs is 3. The Kier molecular flexibility index (Phi) is 7.04. The van der Waals surface area contributed by atoms with Crippen LogP contribution in [0.25, 0.3) is 50.3 Å². The minimum absolute atomic E-state index is 0.0309. The van der Waals surface area contributed by atoms with Crippen LogP contribution in [0.2, 0.25) is 0 Å². The average molecular weight is 606 g/mol. The summed E-state index contributed by atoms with van der Waals surface area (Å²) in [6.45, 7) is 0. The molecule has 0 amide bonds. The van der Waals surface area contributed by atoms with E-state index in [1.165, 1.54) is 0 Å². The largest absolute Gasteiger partial charge is 0.289 e. The van der Waals surface area contributed by atoms with E-state index >= 15 is 0 Å². The summed E-state index contributed by atoms with van der Waals surface area (Å²) in [4.78, 5) is 36.4. The second-order valence-electron chi connectivity index (χ2n) is 11.4. The quantitative estimate of drug-likeness (QED) is 0.170. The van der Waals surface area contributed by atoms with Gasteiger partial charge < -0.3 is 0 Å². The van der Waals surface area contributed by atoms with Crippen molar-refractivity contribution in [3.05, 3.63) is 186 Å². The Morgan fingerprint density at radius 3 is 1.19 bits per heavy atom. The van der Waals surface area contributed by atoms with E-state index in [0.29, 0.717) is 28.2 Å². The van der Waals surface area contributed by atoms with Crippen LogP contribution in [0.4, 0.5) is 0 Å². The van der Waals surface area contributed by atoms with E-state index in [0.717, 1.165) is 44.3 Å².